The zero-order chi connectivity index (χ0) is 17.2. The van der Waals surface area contributed by atoms with E-state index >= 15 is 0 Å². The summed E-state index contributed by atoms with van der Waals surface area (Å²) in [7, 11) is 1.72. The first kappa shape index (κ1) is 17.4. The molecule has 5 heteroatoms. The van der Waals surface area contributed by atoms with Crippen LogP contribution in [0.4, 0.5) is 0 Å². The van der Waals surface area contributed by atoms with Crippen molar-refractivity contribution in [2.24, 2.45) is 5.92 Å². The number of fused-ring (bicyclic) bond motifs is 3. The van der Waals surface area contributed by atoms with Crippen LogP contribution in [-0.4, -0.2) is 55.7 Å². The average molecular weight is 365 g/mol. The van der Waals surface area contributed by atoms with Crippen LogP contribution in [0.25, 0.3) is 0 Å². The lowest BCUT2D eigenvalue weighted by atomic mass is 9.83. The van der Waals surface area contributed by atoms with Crippen molar-refractivity contribution in [3.63, 3.8) is 0 Å². The minimum absolute atomic E-state index is 0.557. The molecule has 1 atom stereocenters. The van der Waals surface area contributed by atoms with Gasteiger partial charge in [-0.25, -0.2) is 0 Å². The third kappa shape index (κ3) is 3.91. The number of methoxy groups -OCH3 is 1. The summed E-state index contributed by atoms with van der Waals surface area (Å²) in [4.78, 5) is 5.02. The Hall–Kier alpha value is -0.970. The fourth-order valence-electron chi connectivity index (χ4n) is 4.62. The molecule has 0 amide bonds. The zero-order valence-corrected chi connectivity index (χ0v) is 15.9. The van der Waals surface area contributed by atoms with Crippen molar-refractivity contribution in [3.05, 3.63) is 22.7 Å². The lowest BCUT2D eigenvalue weighted by molar-refractivity contribution is 0.0238. The van der Waals surface area contributed by atoms with Gasteiger partial charge in [0, 0.05) is 24.2 Å². The van der Waals surface area contributed by atoms with Crippen LogP contribution >= 0.6 is 11.6 Å². The van der Waals surface area contributed by atoms with Gasteiger partial charge in [-0.2, -0.15) is 0 Å². The molecule has 4 saturated heterocycles. The number of hydrogen-bond donors (Lipinski definition) is 0. The molecule has 0 aromatic heterocycles. The summed E-state index contributed by atoms with van der Waals surface area (Å²) >= 11 is 6.58. The lowest BCUT2D eigenvalue weighted by Crippen LogP contribution is -2.51. The van der Waals surface area contributed by atoms with Crippen LogP contribution in [0, 0.1) is 5.92 Å². The van der Waals surface area contributed by atoms with Crippen molar-refractivity contribution in [2.45, 2.75) is 44.7 Å². The number of ether oxygens (including phenoxy) is 2. The Morgan fingerprint density at radius 2 is 1.88 bits per heavy atom. The summed E-state index contributed by atoms with van der Waals surface area (Å²) in [6, 6.07) is 4.53. The molecule has 0 aliphatic carbocycles. The maximum Gasteiger partial charge on any atom is 0.128 e. The summed E-state index contributed by atoms with van der Waals surface area (Å²) in [5.41, 5.74) is 1.08. The number of hydrogen-bond acceptors (Lipinski definition) is 4. The molecule has 2 bridgehead atoms. The monoisotopic (exact) mass is 364 g/mol. The minimum atomic E-state index is 0.557. The first-order valence-corrected chi connectivity index (χ1v) is 10.1. The van der Waals surface area contributed by atoms with Gasteiger partial charge in [0.15, 0.2) is 0 Å². The van der Waals surface area contributed by atoms with E-state index in [-0.39, 0.29) is 0 Å². The van der Waals surface area contributed by atoms with Gasteiger partial charge in [-0.05, 0) is 70.3 Å². The second kappa shape index (κ2) is 7.73. The highest BCUT2D eigenvalue weighted by atomic mass is 35.5. The van der Waals surface area contributed by atoms with Gasteiger partial charge in [0.05, 0.1) is 12.1 Å². The van der Waals surface area contributed by atoms with E-state index in [0.29, 0.717) is 6.04 Å². The van der Waals surface area contributed by atoms with E-state index in [2.05, 4.69) is 9.80 Å². The van der Waals surface area contributed by atoms with Crippen LogP contribution in [0.2, 0.25) is 5.02 Å². The first-order chi connectivity index (χ1) is 12.2. The molecule has 4 aliphatic rings. The van der Waals surface area contributed by atoms with Gasteiger partial charge in [-0.1, -0.05) is 11.6 Å². The lowest BCUT2D eigenvalue weighted by Gasteiger charge is -2.45. The van der Waals surface area contributed by atoms with Gasteiger partial charge in [0.2, 0.25) is 0 Å². The van der Waals surface area contributed by atoms with E-state index in [1.54, 1.807) is 7.11 Å². The Morgan fingerprint density at radius 3 is 2.52 bits per heavy atom. The summed E-state index contributed by atoms with van der Waals surface area (Å²) in [6.07, 6.45) is 6.56. The smallest absolute Gasteiger partial charge is 0.128 e. The van der Waals surface area contributed by atoms with Crippen molar-refractivity contribution in [2.75, 3.05) is 39.9 Å². The van der Waals surface area contributed by atoms with Gasteiger partial charge in [0.1, 0.15) is 18.1 Å². The minimum Gasteiger partial charge on any atom is -0.496 e. The molecule has 0 radical (unpaired) electrons. The Labute approximate surface area is 156 Å². The molecule has 5 rings (SSSR count). The van der Waals surface area contributed by atoms with E-state index in [0.717, 1.165) is 54.2 Å². The number of likely N-dealkylation sites (tertiary alicyclic amines) is 1. The number of benzene rings is 1. The maximum atomic E-state index is 6.58. The number of halogens is 1. The molecule has 4 heterocycles. The van der Waals surface area contributed by atoms with Gasteiger partial charge < -0.3 is 9.47 Å². The van der Waals surface area contributed by atoms with Gasteiger partial charge in [0.25, 0.3) is 0 Å². The molecule has 4 fully saturated rings. The number of rotatable bonds is 6. The molecule has 1 unspecified atom stereocenters. The Bertz CT molecular complexity index is 596. The molecule has 138 valence electrons. The standard InChI is InChI=1S/C20H29ClN2O2/c1-24-20-12-17(11-19(21)18(20)13-22-6-2-3-7-22)25-14-16-10-15-4-8-23(16)9-5-15/h11-12,15-16H,2-10,13-14H2,1H3. The molecule has 0 spiro atoms. The largest absolute Gasteiger partial charge is 0.496 e. The molecule has 0 saturated carbocycles. The van der Waals surface area contributed by atoms with E-state index in [1.165, 1.54) is 45.2 Å². The molecule has 1 aromatic rings. The van der Waals surface area contributed by atoms with Crippen molar-refractivity contribution in [3.8, 4) is 11.5 Å². The summed E-state index contributed by atoms with van der Waals surface area (Å²) < 4.78 is 11.7. The summed E-state index contributed by atoms with van der Waals surface area (Å²) in [5.74, 6) is 2.58. The predicted octanol–water partition coefficient (Wildman–Crippen LogP) is 3.81. The van der Waals surface area contributed by atoms with E-state index in [4.69, 9.17) is 21.1 Å². The molecular weight excluding hydrogens is 336 g/mol. The molecule has 25 heavy (non-hydrogen) atoms. The van der Waals surface area contributed by atoms with Crippen LogP contribution in [0.15, 0.2) is 12.1 Å². The fraction of sp³-hybridized carbons (Fsp3) is 0.700. The highest BCUT2D eigenvalue weighted by Gasteiger charge is 2.33. The molecule has 4 aliphatic heterocycles. The van der Waals surface area contributed by atoms with Crippen molar-refractivity contribution < 1.29 is 9.47 Å². The van der Waals surface area contributed by atoms with E-state index in [9.17, 15) is 0 Å². The zero-order valence-electron chi connectivity index (χ0n) is 15.2. The van der Waals surface area contributed by atoms with Crippen LogP contribution in [-0.2, 0) is 6.54 Å². The molecule has 1 aromatic carbocycles. The van der Waals surface area contributed by atoms with Crippen LogP contribution in [0.3, 0.4) is 0 Å². The highest BCUT2D eigenvalue weighted by molar-refractivity contribution is 6.31. The van der Waals surface area contributed by atoms with Crippen LogP contribution < -0.4 is 9.47 Å². The molecule has 0 N–H and O–H groups in total. The summed E-state index contributed by atoms with van der Waals surface area (Å²) in [5, 5.41) is 0.756. The SMILES string of the molecule is COc1cc(OCC2CC3CCN2CC3)cc(Cl)c1CN1CCCC1. The molecular formula is C20H29ClN2O2. The van der Waals surface area contributed by atoms with Crippen LogP contribution in [0.1, 0.15) is 37.7 Å². The second-order valence-corrected chi connectivity index (χ2v) is 8.16. The fourth-order valence-corrected chi connectivity index (χ4v) is 4.88. The van der Waals surface area contributed by atoms with Crippen molar-refractivity contribution in [1.82, 2.24) is 9.80 Å². The van der Waals surface area contributed by atoms with E-state index < -0.39 is 0 Å². The van der Waals surface area contributed by atoms with Crippen LogP contribution in [0.5, 0.6) is 11.5 Å². The maximum absolute atomic E-state index is 6.58. The quantitative estimate of drug-likeness (QED) is 0.766. The predicted molar refractivity (Wildman–Crippen MR) is 101 cm³/mol. The second-order valence-electron chi connectivity index (χ2n) is 7.75. The van der Waals surface area contributed by atoms with Gasteiger partial charge in [-0.3, -0.25) is 9.80 Å². The number of piperidine rings is 3. The third-order valence-corrected chi connectivity index (χ3v) is 6.48. The first-order valence-electron chi connectivity index (χ1n) is 9.68. The topological polar surface area (TPSA) is 24.9 Å². The molecule has 4 nitrogen and oxygen atoms in total. The Morgan fingerprint density at radius 1 is 1.12 bits per heavy atom. The third-order valence-electron chi connectivity index (χ3n) is 6.14. The van der Waals surface area contributed by atoms with Gasteiger partial charge in [-0.15, -0.1) is 0 Å². The van der Waals surface area contributed by atoms with Crippen molar-refractivity contribution in [1.29, 1.82) is 0 Å². The van der Waals surface area contributed by atoms with Gasteiger partial charge >= 0.3 is 0 Å². The highest BCUT2D eigenvalue weighted by Crippen LogP contribution is 2.35. The van der Waals surface area contributed by atoms with Crippen molar-refractivity contribution >= 4 is 11.6 Å². The van der Waals surface area contributed by atoms with E-state index in [1.807, 2.05) is 12.1 Å². The Kier molecular flexibility index (Phi) is 5.39. The number of nitrogens with zero attached hydrogens (tertiary/aromatic N) is 2. The Balaban J connectivity index is 1.42. The normalized spacial score (nSPS) is 29.1. The summed E-state index contributed by atoms with van der Waals surface area (Å²) in [6.45, 7) is 6.38. The average Bonchev–Trinajstić information content (AvgIpc) is 3.16.